The number of likely N-dealkylation sites (N-methyl/N-ethyl adjacent to an activating group) is 1. The lowest BCUT2D eigenvalue weighted by atomic mass is 10.0. The van der Waals surface area contributed by atoms with Crippen LogP contribution in [0, 0.1) is 6.92 Å². The van der Waals surface area contributed by atoms with Crippen molar-refractivity contribution in [3.05, 3.63) is 35.4 Å². The first-order chi connectivity index (χ1) is 8.69. The van der Waals surface area contributed by atoms with Crippen LogP contribution in [0.25, 0.3) is 0 Å². The minimum absolute atomic E-state index is 0.577. The molecular weight excluding hydrogens is 220 g/mol. The van der Waals surface area contributed by atoms with Gasteiger partial charge >= 0.3 is 0 Å². The lowest BCUT2D eigenvalue weighted by molar-refractivity contribution is 0.283. The van der Waals surface area contributed by atoms with Crippen molar-refractivity contribution in [3.8, 4) is 0 Å². The van der Waals surface area contributed by atoms with Crippen LogP contribution in [0.15, 0.2) is 24.3 Å². The van der Waals surface area contributed by atoms with Gasteiger partial charge in [0.15, 0.2) is 0 Å². The van der Waals surface area contributed by atoms with Gasteiger partial charge in [0.2, 0.25) is 0 Å². The Morgan fingerprint density at radius 3 is 2.22 bits per heavy atom. The van der Waals surface area contributed by atoms with Crippen LogP contribution in [-0.4, -0.2) is 37.6 Å². The van der Waals surface area contributed by atoms with Gasteiger partial charge in [-0.1, -0.05) is 43.7 Å². The Balaban J connectivity index is 2.44. The number of aryl methyl sites for hydroxylation is 1. The minimum atomic E-state index is 0.577. The standard InChI is InChI=1S/C16H28N2/c1-5-18(6-2)12-11-16(17-4)13-15-9-7-14(3)8-10-15/h7-10,16-17H,5-6,11-13H2,1-4H3. The van der Waals surface area contributed by atoms with Gasteiger partial charge in [0.05, 0.1) is 0 Å². The first-order valence-electron chi connectivity index (χ1n) is 7.14. The molecular formula is C16H28N2. The molecule has 0 heterocycles. The number of hydrogen-bond acceptors (Lipinski definition) is 2. The van der Waals surface area contributed by atoms with Gasteiger partial charge in [0.1, 0.15) is 0 Å². The molecule has 102 valence electrons. The maximum absolute atomic E-state index is 3.44. The molecule has 1 unspecified atom stereocenters. The molecule has 0 aliphatic heterocycles. The highest BCUT2D eigenvalue weighted by molar-refractivity contribution is 5.22. The van der Waals surface area contributed by atoms with Gasteiger partial charge in [-0.15, -0.1) is 0 Å². The van der Waals surface area contributed by atoms with Crippen molar-refractivity contribution in [2.75, 3.05) is 26.7 Å². The molecule has 0 aliphatic rings. The van der Waals surface area contributed by atoms with Crippen molar-refractivity contribution in [3.63, 3.8) is 0 Å². The zero-order valence-corrected chi connectivity index (χ0v) is 12.4. The summed E-state index contributed by atoms with van der Waals surface area (Å²) >= 11 is 0. The van der Waals surface area contributed by atoms with Crippen LogP contribution < -0.4 is 5.32 Å². The average Bonchev–Trinajstić information content (AvgIpc) is 2.40. The van der Waals surface area contributed by atoms with Crippen LogP contribution >= 0.6 is 0 Å². The highest BCUT2D eigenvalue weighted by Gasteiger charge is 2.09. The molecule has 0 saturated heterocycles. The Hall–Kier alpha value is -0.860. The van der Waals surface area contributed by atoms with Crippen LogP contribution in [0.4, 0.5) is 0 Å². The van der Waals surface area contributed by atoms with E-state index >= 15 is 0 Å². The Morgan fingerprint density at radius 1 is 1.11 bits per heavy atom. The van der Waals surface area contributed by atoms with Crippen LogP contribution in [0.3, 0.4) is 0 Å². The van der Waals surface area contributed by atoms with E-state index in [2.05, 4.69) is 62.3 Å². The van der Waals surface area contributed by atoms with E-state index in [0.29, 0.717) is 6.04 Å². The van der Waals surface area contributed by atoms with E-state index in [-0.39, 0.29) is 0 Å². The lowest BCUT2D eigenvalue weighted by Gasteiger charge is -2.22. The van der Waals surface area contributed by atoms with Gasteiger partial charge in [-0.3, -0.25) is 0 Å². The number of nitrogens with one attached hydrogen (secondary N) is 1. The zero-order chi connectivity index (χ0) is 13.4. The second-order valence-corrected chi connectivity index (χ2v) is 4.99. The molecule has 18 heavy (non-hydrogen) atoms. The number of hydrogen-bond donors (Lipinski definition) is 1. The molecule has 2 heteroatoms. The van der Waals surface area contributed by atoms with Crippen LogP contribution in [0.2, 0.25) is 0 Å². The van der Waals surface area contributed by atoms with Gasteiger partial charge in [-0.25, -0.2) is 0 Å². The van der Waals surface area contributed by atoms with E-state index < -0.39 is 0 Å². The van der Waals surface area contributed by atoms with E-state index in [9.17, 15) is 0 Å². The summed E-state index contributed by atoms with van der Waals surface area (Å²) in [6.07, 6.45) is 2.34. The third kappa shape index (κ3) is 5.19. The Bertz CT molecular complexity index is 314. The van der Waals surface area contributed by atoms with Gasteiger partial charge < -0.3 is 10.2 Å². The average molecular weight is 248 g/mol. The summed E-state index contributed by atoms with van der Waals surface area (Å²) in [6.45, 7) is 10.1. The second-order valence-electron chi connectivity index (χ2n) is 4.99. The summed E-state index contributed by atoms with van der Waals surface area (Å²) < 4.78 is 0. The second kappa shape index (κ2) is 8.28. The lowest BCUT2D eigenvalue weighted by Crippen LogP contribution is -2.33. The molecule has 1 N–H and O–H groups in total. The Kier molecular flexibility index (Phi) is 6.99. The van der Waals surface area contributed by atoms with Crippen LogP contribution in [-0.2, 0) is 6.42 Å². The monoisotopic (exact) mass is 248 g/mol. The van der Waals surface area contributed by atoms with Gasteiger partial charge in [-0.05, 0) is 52.0 Å². The predicted molar refractivity (Wildman–Crippen MR) is 80.1 cm³/mol. The fourth-order valence-corrected chi connectivity index (χ4v) is 2.24. The highest BCUT2D eigenvalue weighted by atomic mass is 15.1. The zero-order valence-electron chi connectivity index (χ0n) is 12.4. The maximum Gasteiger partial charge on any atom is 0.0117 e. The largest absolute Gasteiger partial charge is 0.317 e. The molecule has 2 nitrogen and oxygen atoms in total. The summed E-state index contributed by atoms with van der Waals surface area (Å²) in [7, 11) is 2.07. The molecule has 0 aromatic heterocycles. The third-order valence-corrected chi connectivity index (χ3v) is 3.70. The van der Waals surface area contributed by atoms with Crippen LogP contribution in [0.5, 0.6) is 0 Å². The molecule has 0 amide bonds. The summed E-state index contributed by atoms with van der Waals surface area (Å²) in [5, 5.41) is 3.44. The fraction of sp³-hybridized carbons (Fsp3) is 0.625. The number of rotatable bonds is 8. The summed E-state index contributed by atoms with van der Waals surface area (Å²) in [6, 6.07) is 9.47. The summed E-state index contributed by atoms with van der Waals surface area (Å²) in [5.41, 5.74) is 2.77. The molecule has 1 aromatic carbocycles. The third-order valence-electron chi connectivity index (χ3n) is 3.70. The van der Waals surface area contributed by atoms with Gasteiger partial charge in [-0.2, -0.15) is 0 Å². The van der Waals surface area contributed by atoms with E-state index in [1.54, 1.807) is 0 Å². The molecule has 1 aromatic rings. The molecule has 0 spiro atoms. The minimum Gasteiger partial charge on any atom is -0.317 e. The normalized spacial score (nSPS) is 12.9. The first kappa shape index (κ1) is 15.2. The molecule has 0 saturated carbocycles. The van der Waals surface area contributed by atoms with Gasteiger partial charge in [0.25, 0.3) is 0 Å². The quantitative estimate of drug-likeness (QED) is 0.761. The Labute approximate surface area is 112 Å². The van der Waals surface area contributed by atoms with Crippen molar-refractivity contribution >= 4 is 0 Å². The summed E-state index contributed by atoms with van der Waals surface area (Å²) in [4.78, 5) is 2.49. The SMILES string of the molecule is CCN(CC)CCC(Cc1ccc(C)cc1)NC. The summed E-state index contributed by atoms with van der Waals surface area (Å²) in [5.74, 6) is 0. The van der Waals surface area contributed by atoms with Crippen molar-refractivity contribution in [2.45, 2.75) is 39.7 Å². The molecule has 1 rings (SSSR count). The number of nitrogens with zero attached hydrogens (tertiary/aromatic N) is 1. The van der Waals surface area contributed by atoms with E-state index in [4.69, 9.17) is 0 Å². The smallest absolute Gasteiger partial charge is 0.0117 e. The maximum atomic E-state index is 3.44. The topological polar surface area (TPSA) is 15.3 Å². The predicted octanol–water partition coefficient (Wildman–Crippen LogP) is 2.86. The van der Waals surface area contributed by atoms with E-state index in [0.717, 1.165) is 19.5 Å². The van der Waals surface area contributed by atoms with E-state index in [1.165, 1.54) is 24.1 Å². The number of benzene rings is 1. The fourth-order valence-electron chi connectivity index (χ4n) is 2.24. The van der Waals surface area contributed by atoms with E-state index in [1.807, 2.05) is 0 Å². The molecule has 0 fully saturated rings. The van der Waals surface area contributed by atoms with Crippen LogP contribution in [0.1, 0.15) is 31.4 Å². The van der Waals surface area contributed by atoms with Crippen molar-refractivity contribution in [1.29, 1.82) is 0 Å². The first-order valence-corrected chi connectivity index (χ1v) is 7.14. The molecule has 0 aliphatic carbocycles. The van der Waals surface area contributed by atoms with Gasteiger partial charge in [0, 0.05) is 6.04 Å². The highest BCUT2D eigenvalue weighted by Crippen LogP contribution is 2.08. The molecule has 1 atom stereocenters. The molecule has 0 radical (unpaired) electrons. The Morgan fingerprint density at radius 2 is 1.72 bits per heavy atom. The van der Waals surface area contributed by atoms with Crippen molar-refractivity contribution in [2.24, 2.45) is 0 Å². The molecule has 0 bridgehead atoms. The van der Waals surface area contributed by atoms with Crippen molar-refractivity contribution in [1.82, 2.24) is 10.2 Å². The van der Waals surface area contributed by atoms with Crippen molar-refractivity contribution < 1.29 is 0 Å².